The third kappa shape index (κ3) is 3.24. The lowest BCUT2D eigenvalue weighted by atomic mass is 10.1. The first-order valence-electron chi connectivity index (χ1n) is 4.70. The molecule has 0 aliphatic rings. The Morgan fingerprint density at radius 1 is 1.19 bits per heavy atom. The normalized spacial score (nSPS) is 9.00. The first-order valence-corrected chi connectivity index (χ1v) is 5.08. The molecule has 0 saturated heterocycles. The maximum absolute atomic E-state index is 11.2. The number of hydrogen-bond acceptors (Lipinski definition) is 4. The lowest BCUT2D eigenvalue weighted by Crippen LogP contribution is -2.09. The third-order valence-corrected chi connectivity index (χ3v) is 1.91. The summed E-state index contributed by atoms with van der Waals surface area (Å²) in [6.45, 7) is 5.11. The topological polar surface area (TPSA) is 74.6 Å². The van der Waals surface area contributed by atoms with Crippen molar-refractivity contribution >= 4 is 23.2 Å². The molecule has 4 nitrogen and oxygen atoms in total. The monoisotopic (exact) mass is 244 g/mol. The second kappa shape index (κ2) is 6.12. The van der Waals surface area contributed by atoms with Crippen LogP contribution < -0.4 is 0 Å². The number of benzene rings is 1. The van der Waals surface area contributed by atoms with Gasteiger partial charge in [-0.05, 0) is 12.1 Å². The smallest absolute Gasteiger partial charge is 0.228 e. The second-order valence-corrected chi connectivity index (χ2v) is 3.12. The summed E-state index contributed by atoms with van der Waals surface area (Å²) in [7, 11) is 0. The van der Waals surface area contributed by atoms with Crippen LogP contribution in [0.3, 0.4) is 0 Å². The van der Waals surface area contributed by atoms with Crippen molar-refractivity contribution in [3.8, 4) is 11.5 Å². The van der Waals surface area contributed by atoms with Gasteiger partial charge in [0.1, 0.15) is 0 Å². The minimum absolute atomic E-state index is 0.0437. The standard InChI is InChI=1S/C9H7ClO4.C2H6/c1-4(11)8(13)5-2-6(10)9(14)7(12)3-5;1-2/h2-3,12,14H,1H3;1-2H3. The van der Waals surface area contributed by atoms with Crippen LogP contribution in [0.15, 0.2) is 12.1 Å². The van der Waals surface area contributed by atoms with E-state index in [0.717, 1.165) is 19.1 Å². The maximum atomic E-state index is 11.2. The van der Waals surface area contributed by atoms with Gasteiger partial charge in [0.15, 0.2) is 17.3 Å². The van der Waals surface area contributed by atoms with E-state index >= 15 is 0 Å². The Morgan fingerprint density at radius 3 is 2.06 bits per heavy atom. The molecule has 0 radical (unpaired) electrons. The zero-order valence-electron chi connectivity index (χ0n) is 9.24. The van der Waals surface area contributed by atoms with E-state index in [0.29, 0.717) is 0 Å². The van der Waals surface area contributed by atoms with Gasteiger partial charge < -0.3 is 10.2 Å². The summed E-state index contributed by atoms with van der Waals surface area (Å²) >= 11 is 5.49. The number of rotatable bonds is 2. The Labute approximate surface area is 98.5 Å². The highest BCUT2D eigenvalue weighted by Crippen LogP contribution is 2.34. The molecule has 16 heavy (non-hydrogen) atoms. The zero-order valence-corrected chi connectivity index (χ0v) is 10.00. The van der Waals surface area contributed by atoms with Gasteiger partial charge in [-0.1, -0.05) is 25.4 Å². The third-order valence-electron chi connectivity index (χ3n) is 1.63. The van der Waals surface area contributed by atoms with Crippen LogP contribution in [0.4, 0.5) is 0 Å². The fourth-order valence-electron chi connectivity index (χ4n) is 0.919. The molecule has 5 heteroatoms. The second-order valence-electron chi connectivity index (χ2n) is 2.71. The molecule has 0 fully saturated rings. The molecular formula is C11H13ClO4. The van der Waals surface area contributed by atoms with E-state index in [-0.39, 0.29) is 10.6 Å². The van der Waals surface area contributed by atoms with Gasteiger partial charge in [0.05, 0.1) is 5.02 Å². The Balaban J connectivity index is 0.00000106. The maximum Gasteiger partial charge on any atom is 0.228 e. The van der Waals surface area contributed by atoms with Crippen molar-refractivity contribution in [1.82, 2.24) is 0 Å². The molecule has 1 rings (SSSR count). The Hall–Kier alpha value is -1.55. The molecule has 1 aromatic rings. The molecule has 0 unspecified atom stereocenters. The van der Waals surface area contributed by atoms with Gasteiger partial charge in [0, 0.05) is 12.5 Å². The van der Waals surface area contributed by atoms with Crippen LogP contribution in [0, 0.1) is 0 Å². The van der Waals surface area contributed by atoms with E-state index < -0.39 is 23.1 Å². The zero-order chi connectivity index (χ0) is 12.9. The highest BCUT2D eigenvalue weighted by molar-refractivity contribution is 6.43. The number of phenols is 2. The average Bonchev–Trinajstić information content (AvgIpc) is 2.26. The quantitative estimate of drug-likeness (QED) is 0.476. The van der Waals surface area contributed by atoms with Crippen molar-refractivity contribution < 1.29 is 19.8 Å². The minimum Gasteiger partial charge on any atom is -0.504 e. The molecule has 0 bridgehead atoms. The van der Waals surface area contributed by atoms with Crippen LogP contribution in [0.5, 0.6) is 11.5 Å². The number of carbonyl (C=O) groups excluding carboxylic acids is 2. The number of Topliss-reactive ketones (excluding diaryl/α,β-unsaturated/α-hetero) is 2. The molecule has 0 saturated carbocycles. The predicted molar refractivity (Wildman–Crippen MR) is 61.1 cm³/mol. The van der Waals surface area contributed by atoms with Crippen molar-refractivity contribution in [1.29, 1.82) is 0 Å². The molecule has 0 aliphatic heterocycles. The first kappa shape index (κ1) is 14.5. The fourth-order valence-corrected chi connectivity index (χ4v) is 1.13. The molecule has 0 spiro atoms. The van der Waals surface area contributed by atoms with E-state index in [9.17, 15) is 9.59 Å². The Bertz CT molecular complexity index is 389. The van der Waals surface area contributed by atoms with Crippen LogP contribution in [0.25, 0.3) is 0 Å². The molecule has 0 heterocycles. The Kier molecular flexibility index (Phi) is 5.53. The van der Waals surface area contributed by atoms with Gasteiger partial charge in [-0.3, -0.25) is 9.59 Å². The molecule has 0 atom stereocenters. The molecule has 2 N–H and O–H groups in total. The van der Waals surface area contributed by atoms with Crippen LogP contribution >= 0.6 is 11.6 Å². The van der Waals surface area contributed by atoms with E-state index in [1.807, 2.05) is 13.8 Å². The summed E-state index contributed by atoms with van der Waals surface area (Å²) < 4.78 is 0. The molecule has 88 valence electrons. The van der Waals surface area contributed by atoms with Crippen LogP contribution in [-0.2, 0) is 4.79 Å². The summed E-state index contributed by atoms with van der Waals surface area (Å²) in [6, 6.07) is 2.12. The molecule has 0 aromatic heterocycles. The van der Waals surface area contributed by atoms with E-state index in [4.69, 9.17) is 21.8 Å². The lowest BCUT2D eigenvalue weighted by Gasteiger charge is -2.02. The summed E-state index contributed by atoms with van der Waals surface area (Å²) in [6.07, 6.45) is 0. The van der Waals surface area contributed by atoms with Crippen molar-refractivity contribution in [2.45, 2.75) is 20.8 Å². The van der Waals surface area contributed by atoms with E-state index in [1.54, 1.807) is 0 Å². The number of ketones is 2. The summed E-state index contributed by atoms with van der Waals surface area (Å²) in [5.41, 5.74) is -0.0437. The van der Waals surface area contributed by atoms with Gasteiger partial charge in [-0.2, -0.15) is 0 Å². The van der Waals surface area contributed by atoms with Crippen LogP contribution in [-0.4, -0.2) is 21.8 Å². The summed E-state index contributed by atoms with van der Waals surface area (Å²) in [5.74, 6) is -2.46. The summed E-state index contributed by atoms with van der Waals surface area (Å²) in [4.78, 5) is 21.9. The van der Waals surface area contributed by atoms with Gasteiger partial charge in [-0.15, -0.1) is 0 Å². The van der Waals surface area contributed by atoms with Crippen molar-refractivity contribution in [3.63, 3.8) is 0 Å². The van der Waals surface area contributed by atoms with E-state index in [2.05, 4.69) is 0 Å². The van der Waals surface area contributed by atoms with E-state index in [1.165, 1.54) is 0 Å². The molecule has 0 aliphatic carbocycles. The van der Waals surface area contributed by atoms with Crippen molar-refractivity contribution in [2.24, 2.45) is 0 Å². The Morgan fingerprint density at radius 2 is 1.69 bits per heavy atom. The predicted octanol–water partition coefficient (Wildman–Crippen LogP) is 2.55. The van der Waals surface area contributed by atoms with Crippen molar-refractivity contribution in [3.05, 3.63) is 22.7 Å². The number of hydrogen-bond donors (Lipinski definition) is 2. The van der Waals surface area contributed by atoms with Gasteiger partial charge >= 0.3 is 0 Å². The molecular weight excluding hydrogens is 232 g/mol. The number of aromatic hydroxyl groups is 2. The van der Waals surface area contributed by atoms with Gasteiger partial charge in [0.2, 0.25) is 5.78 Å². The molecule has 0 amide bonds. The number of phenolic OH excluding ortho intramolecular Hbond substituents is 2. The minimum atomic E-state index is -0.762. The first-order chi connectivity index (χ1) is 7.43. The van der Waals surface area contributed by atoms with Crippen molar-refractivity contribution in [2.75, 3.05) is 0 Å². The number of carbonyl (C=O) groups is 2. The highest BCUT2D eigenvalue weighted by atomic mass is 35.5. The summed E-state index contributed by atoms with van der Waals surface area (Å²) in [5, 5.41) is 18.0. The SMILES string of the molecule is CC.CC(=O)C(=O)c1cc(O)c(O)c(Cl)c1. The highest BCUT2D eigenvalue weighted by Gasteiger charge is 2.15. The van der Waals surface area contributed by atoms with Crippen LogP contribution in [0.2, 0.25) is 5.02 Å². The van der Waals surface area contributed by atoms with Crippen LogP contribution in [0.1, 0.15) is 31.1 Å². The average molecular weight is 245 g/mol. The number of halogens is 1. The van der Waals surface area contributed by atoms with Gasteiger partial charge in [-0.25, -0.2) is 0 Å². The van der Waals surface area contributed by atoms with Gasteiger partial charge in [0.25, 0.3) is 0 Å². The largest absolute Gasteiger partial charge is 0.504 e. The lowest BCUT2D eigenvalue weighted by molar-refractivity contribution is -0.113. The fraction of sp³-hybridized carbons (Fsp3) is 0.273. The molecule has 1 aromatic carbocycles.